The Balaban J connectivity index is 1.35. The van der Waals surface area contributed by atoms with Crippen LogP contribution in [0.15, 0.2) is 61.1 Å². The fourth-order valence-corrected chi connectivity index (χ4v) is 3.91. The lowest BCUT2D eigenvalue weighted by Gasteiger charge is -2.12. The fraction of sp³-hybridized carbons (Fsp3) is 0.296. The molecule has 0 saturated carbocycles. The molecular formula is C27H30F2N6O3. The molecule has 0 aliphatic rings. The van der Waals surface area contributed by atoms with Gasteiger partial charge in [-0.05, 0) is 55.0 Å². The van der Waals surface area contributed by atoms with E-state index in [9.17, 15) is 13.6 Å². The van der Waals surface area contributed by atoms with E-state index in [0.29, 0.717) is 43.3 Å². The summed E-state index contributed by atoms with van der Waals surface area (Å²) in [5.74, 6) is 1.15. The zero-order valence-corrected chi connectivity index (χ0v) is 21.2. The van der Waals surface area contributed by atoms with E-state index in [1.165, 1.54) is 0 Å². The van der Waals surface area contributed by atoms with E-state index in [2.05, 4.69) is 25.9 Å². The third kappa shape index (κ3) is 6.81. The zero-order valence-electron chi connectivity index (χ0n) is 21.2. The molecule has 4 aromatic rings. The maximum atomic E-state index is 12.6. The second-order valence-corrected chi connectivity index (χ2v) is 8.46. The number of aryl methyl sites for hydroxylation is 1. The fourth-order valence-electron chi connectivity index (χ4n) is 3.91. The van der Waals surface area contributed by atoms with Crippen molar-refractivity contribution in [1.29, 1.82) is 0 Å². The van der Waals surface area contributed by atoms with Crippen molar-refractivity contribution in [3.05, 3.63) is 72.2 Å². The van der Waals surface area contributed by atoms with Gasteiger partial charge in [-0.3, -0.25) is 9.20 Å². The molecule has 2 aromatic heterocycles. The van der Waals surface area contributed by atoms with Crippen molar-refractivity contribution in [2.45, 2.75) is 13.3 Å². The average molecular weight is 525 g/mol. The van der Waals surface area contributed by atoms with Crippen molar-refractivity contribution in [2.24, 2.45) is 0 Å². The number of hydrogen-bond acceptors (Lipinski definition) is 7. The van der Waals surface area contributed by atoms with Gasteiger partial charge in [0.25, 0.3) is 12.3 Å². The predicted molar refractivity (Wildman–Crippen MR) is 141 cm³/mol. The molecule has 0 bridgehead atoms. The predicted octanol–water partition coefficient (Wildman–Crippen LogP) is 4.06. The maximum Gasteiger partial charge on any atom is 0.251 e. The summed E-state index contributed by atoms with van der Waals surface area (Å²) >= 11 is 0. The van der Waals surface area contributed by atoms with Gasteiger partial charge in [0, 0.05) is 42.3 Å². The van der Waals surface area contributed by atoms with Crippen LogP contribution in [0.25, 0.3) is 16.9 Å². The number of fused-ring (bicyclic) bond motifs is 1. The Hall–Kier alpha value is -4.09. The summed E-state index contributed by atoms with van der Waals surface area (Å²) in [6, 6.07) is 13.2. The van der Waals surface area contributed by atoms with Crippen LogP contribution in [0.5, 0.6) is 5.75 Å². The number of nitrogens with zero attached hydrogens (tertiary/aromatic N) is 3. The molecule has 11 heteroatoms. The van der Waals surface area contributed by atoms with E-state index >= 15 is 0 Å². The summed E-state index contributed by atoms with van der Waals surface area (Å²) in [4.78, 5) is 21.6. The van der Waals surface area contributed by atoms with Crippen molar-refractivity contribution in [1.82, 2.24) is 25.0 Å². The Morgan fingerprint density at radius 2 is 1.87 bits per heavy atom. The largest absolute Gasteiger partial charge is 0.497 e. The molecule has 0 unspecified atom stereocenters. The summed E-state index contributed by atoms with van der Waals surface area (Å²) in [5, 5.41) is 8.69. The number of hydrogen-bond donors (Lipinski definition) is 3. The Labute approximate surface area is 219 Å². The standard InChI is InChI=1S/C27H30F2N6O3/c1-18-15-20(5-8-22(18)27(36)32-11-14-38-13-10-30-17-24(28)29)34-25-26-33-16-23(35(26)12-9-31-25)19-3-6-21(37-2)7-4-19/h3-9,12,15-16,24,30H,10-11,13-14,17H2,1-2H3,(H,31,34)(H,32,36). The van der Waals surface area contributed by atoms with Crippen LogP contribution in [0.4, 0.5) is 20.3 Å². The number of anilines is 2. The summed E-state index contributed by atoms with van der Waals surface area (Å²) in [5.41, 5.74) is 4.69. The first-order valence-corrected chi connectivity index (χ1v) is 12.1. The van der Waals surface area contributed by atoms with Crippen LogP contribution < -0.4 is 20.7 Å². The number of imidazole rings is 1. The first-order valence-electron chi connectivity index (χ1n) is 12.1. The lowest BCUT2D eigenvalue weighted by molar-refractivity contribution is 0.0909. The molecule has 2 aromatic carbocycles. The monoisotopic (exact) mass is 524 g/mol. The molecule has 0 aliphatic heterocycles. The molecule has 9 nitrogen and oxygen atoms in total. The smallest absolute Gasteiger partial charge is 0.251 e. The molecule has 0 aliphatic carbocycles. The van der Waals surface area contributed by atoms with Crippen LogP contribution in [0.1, 0.15) is 15.9 Å². The minimum absolute atomic E-state index is 0.217. The number of amides is 1. The number of carbonyl (C=O) groups excluding carboxylic acids is 1. The Kier molecular flexibility index (Phi) is 9.17. The van der Waals surface area contributed by atoms with Gasteiger partial charge in [0.2, 0.25) is 0 Å². The maximum absolute atomic E-state index is 12.6. The Morgan fingerprint density at radius 1 is 1.08 bits per heavy atom. The highest BCUT2D eigenvalue weighted by atomic mass is 19.3. The molecule has 38 heavy (non-hydrogen) atoms. The SMILES string of the molecule is COc1ccc(-c2cnc3c(Nc4ccc(C(=O)NCCOCCNCC(F)F)c(C)c4)nccn23)cc1. The van der Waals surface area contributed by atoms with Gasteiger partial charge in [-0.15, -0.1) is 0 Å². The second kappa shape index (κ2) is 12.9. The number of ether oxygens (including phenoxy) is 2. The van der Waals surface area contributed by atoms with Gasteiger partial charge in [-0.2, -0.15) is 0 Å². The second-order valence-electron chi connectivity index (χ2n) is 8.46. The summed E-state index contributed by atoms with van der Waals surface area (Å²) in [6.45, 7) is 2.73. The molecule has 0 fully saturated rings. The zero-order chi connectivity index (χ0) is 26.9. The molecule has 200 valence electrons. The third-order valence-corrected chi connectivity index (χ3v) is 5.80. The molecule has 1 amide bonds. The molecule has 0 saturated heterocycles. The molecule has 2 heterocycles. The van der Waals surface area contributed by atoms with Gasteiger partial charge >= 0.3 is 0 Å². The lowest BCUT2D eigenvalue weighted by atomic mass is 10.1. The van der Waals surface area contributed by atoms with Crippen molar-refractivity contribution in [3.8, 4) is 17.0 Å². The van der Waals surface area contributed by atoms with E-state index in [4.69, 9.17) is 9.47 Å². The number of benzene rings is 2. The van der Waals surface area contributed by atoms with E-state index in [-0.39, 0.29) is 12.5 Å². The normalized spacial score (nSPS) is 11.2. The molecule has 0 spiro atoms. The highest BCUT2D eigenvalue weighted by molar-refractivity contribution is 5.96. The number of rotatable bonds is 13. The van der Waals surface area contributed by atoms with Crippen LogP contribution in [-0.2, 0) is 4.74 Å². The number of alkyl halides is 2. The summed E-state index contributed by atoms with van der Waals surface area (Å²) < 4.78 is 36.7. The molecule has 4 rings (SSSR count). The van der Waals surface area contributed by atoms with E-state index in [1.54, 1.807) is 25.6 Å². The van der Waals surface area contributed by atoms with Crippen LogP contribution in [0, 0.1) is 6.92 Å². The number of halogens is 2. The van der Waals surface area contributed by atoms with Gasteiger partial charge in [-0.25, -0.2) is 18.7 Å². The van der Waals surface area contributed by atoms with Crippen molar-refractivity contribution in [2.75, 3.05) is 45.3 Å². The van der Waals surface area contributed by atoms with Crippen LogP contribution in [-0.4, -0.2) is 66.7 Å². The number of methoxy groups -OCH3 is 1. The van der Waals surface area contributed by atoms with Gasteiger partial charge in [-0.1, -0.05) is 0 Å². The Bertz CT molecular complexity index is 1360. The van der Waals surface area contributed by atoms with E-state index < -0.39 is 6.43 Å². The third-order valence-electron chi connectivity index (χ3n) is 5.80. The number of carbonyl (C=O) groups is 1. The van der Waals surface area contributed by atoms with E-state index in [1.807, 2.05) is 53.9 Å². The highest BCUT2D eigenvalue weighted by Gasteiger charge is 2.13. The quantitative estimate of drug-likeness (QED) is 0.227. The lowest BCUT2D eigenvalue weighted by Crippen LogP contribution is -2.29. The minimum Gasteiger partial charge on any atom is -0.497 e. The average Bonchev–Trinajstić information content (AvgIpc) is 3.35. The van der Waals surface area contributed by atoms with Crippen LogP contribution in [0.2, 0.25) is 0 Å². The molecule has 3 N–H and O–H groups in total. The first kappa shape index (κ1) is 27.0. The van der Waals surface area contributed by atoms with E-state index in [0.717, 1.165) is 28.3 Å². The number of aromatic nitrogens is 3. The summed E-state index contributed by atoms with van der Waals surface area (Å²) in [7, 11) is 1.63. The molecular weight excluding hydrogens is 494 g/mol. The highest BCUT2D eigenvalue weighted by Crippen LogP contribution is 2.27. The van der Waals surface area contributed by atoms with Crippen molar-refractivity contribution < 1.29 is 23.0 Å². The Morgan fingerprint density at radius 3 is 2.61 bits per heavy atom. The van der Waals surface area contributed by atoms with Crippen LogP contribution >= 0.6 is 0 Å². The van der Waals surface area contributed by atoms with Crippen LogP contribution in [0.3, 0.4) is 0 Å². The molecule has 0 radical (unpaired) electrons. The molecule has 0 atom stereocenters. The van der Waals surface area contributed by atoms with Gasteiger partial charge in [0.15, 0.2) is 11.5 Å². The van der Waals surface area contributed by atoms with Gasteiger partial charge in [0.05, 0.1) is 38.8 Å². The van der Waals surface area contributed by atoms with Crippen molar-refractivity contribution >= 4 is 23.1 Å². The number of nitrogens with one attached hydrogen (secondary N) is 3. The van der Waals surface area contributed by atoms with Gasteiger partial charge in [0.1, 0.15) is 5.75 Å². The topological polar surface area (TPSA) is 102 Å². The van der Waals surface area contributed by atoms with Crippen molar-refractivity contribution in [3.63, 3.8) is 0 Å². The first-order chi connectivity index (χ1) is 18.5. The summed E-state index contributed by atoms with van der Waals surface area (Å²) in [6.07, 6.45) is 2.98. The minimum atomic E-state index is -2.38. The van der Waals surface area contributed by atoms with Gasteiger partial charge < -0.3 is 25.4 Å².